The number of amides is 1. The van der Waals surface area contributed by atoms with Gasteiger partial charge in [-0.15, -0.1) is 0 Å². The average Bonchev–Trinajstić information content (AvgIpc) is 2.59. The number of rotatable bonds is 10. The molecule has 1 N–H and O–H groups in total. The second kappa shape index (κ2) is 10.4. The van der Waals surface area contributed by atoms with Gasteiger partial charge in [0.05, 0.1) is 5.75 Å². The number of hydrogen-bond donors (Lipinski definition) is 1. The number of benzene rings is 1. The number of carbonyl (C=O) groups excluding carboxylic acids is 1. The van der Waals surface area contributed by atoms with Crippen LogP contribution in [0, 0.1) is 6.92 Å². The van der Waals surface area contributed by atoms with Crippen LogP contribution in [0.15, 0.2) is 18.2 Å². The minimum absolute atomic E-state index is 0.179. The van der Waals surface area contributed by atoms with Crippen LogP contribution in [0.3, 0.4) is 0 Å². The first-order valence-electron chi connectivity index (χ1n) is 9.06. The predicted molar refractivity (Wildman–Crippen MR) is 106 cm³/mol. The van der Waals surface area contributed by atoms with Crippen molar-refractivity contribution in [2.45, 2.75) is 34.6 Å². The van der Waals surface area contributed by atoms with E-state index < -0.39 is 16.1 Å². The summed E-state index contributed by atoms with van der Waals surface area (Å²) < 4.78 is 30.5. The van der Waals surface area contributed by atoms with E-state index in [1.807, 2.05) is 25.1 Å². The van der Waals surface area contributed by atoms with Gasteiger partial charge in [0.25, 0.3) is 0 Å². The van der Waals surface area contributed by atoms with Crippen molar-refractivity contribution in [2.24, 2.45) is 0 Å². The molecule has 0 aromatic heterocycles. The SMILES string of the molecule is CCN(CC)c1ccc(NC(=O)OCCS(=O)(=O)N(CC)CC)c(C)c1. The third-order valence-electron chi connectivity index (χ3n) is 4.25. The summed E-state index contributed by atoms with van der Waals surface area (Å²) in [5.74, 6) is -0.220. The lowest BCUT2D eigenvalue weighted by molar-refractivity contribution is 0.168. The Morgan fingerprint density at radius 3 is 2.19 bits per heavy atom. The largest absolute Gasteiger partial charge is 0.448 e. The smallest absolute Gasteiger partial charge is 0.411 e. The van der Waals surface area contributed by atoms with Crippen molar-refractivity contribution in [3.05, 3.63) is 23.8 Å². The fourth-order valence-electron chi connectivity index (χ4n) is 2.71. The Morgan fingerprint density at radius 1 is 1.08 bits per heavy atom. The van der Waals surface area contributed by atoms with Gasteiger partial charge >= 0.3 is 6.09 Å². The van der Waals surface area contributed by atoms with Crippen molar-refractivity contribution in [3.8, 4) is 0 Å². The average molecular weight is 386 g/mol. The maximum absolute atomic E-state index is 12.1. The molecule has 0 bridgehead atoms. The number of hydrogen-bond acceptors (Lipinski definition) is 5. The lowest BCUT2D eigenvalue weighted by atomic mass is 10.1. The van der Waals surface area contributed by atoms with Crippen molar-refractivity contribution in [3.63, 3.8) is 0 Å². The highest BCUT2D eigenvalue weighted by Crippen LogP contribution is 2.22. The zero-order valence-electron chi connectivity index (χ0n) is 16.4. The molecule has 148 valence electrons. The second-order valence-corrected chi connectivity index (χ2v) is 7.92. The summed E-state index contributed by atoms with van der Waals surface area (Å²) in [4.78, 5) is 14.2. The van der Waals surface area contributed by atoms with Gasteiger partial charge in [0.1, 0.15) is 6.61 Å². The minimum atomic E-state index is -3.40. The highest BCUT2D eigenvalue weighted by atomic mass is 32.2. The van der Waals surface area contributed by atoms with Crippen molar-refractivity contribution < 1.29 is 17.9 Å². The Labute approximate surface area is 157 Å². The maximum atomic E-state index is 12.1. The summed E-state index contributed by atoms with van der Waals surface area (Å²) in [6, 6.07) is 5.78. The molecule has 0 saturated carbocycles. The molecule has 0 aliphatic rings. The zero-order chi connectivity index (χ0) is 19.7. The summed E-state index contributed by atoms with van der Waals surface area (Å²) in [6.45, 7) is 12.1. The Morgan fingerprint density at radius 2 is 1.69 bits per heavy atom. The fraction of sp³-hybridized carbons (Fsp3) is 0.611. The summed E-state index contributed by atoms with van der Waals surface area (Å²) in [5.41, 5.74) is 2.66. The lowest BCUT2D eigenvalue weighted by Crippen LogP contribution is -2.34. The molecule has 1 rings (SSSR count). The summed E-state index contributed by atoms with van der Waals surface area (Å²) in [6.07, 6.45) is -0.654. The van der Waals surface area contributed by atoms with E-state index >= 15 is 0 Å². The number of carbonyl (C=O) groups is 1. The number of sulfonamides is 1. The number of ether oxygens (including phenoxy) is 1. The quantitative estimate of drug-likeness (QED) is 0.670. The van der Waals surface area contributed by atoms with Crippen LogP contribution in [0.4, 0.5) is 16.2 Å². The van der Waals surface area contributed by atoms with Crippen LogP contribution in [-0.4, -0.2) is 57.4 Å². The van der Waals surface area contributed by atoms with Gasteiger partial charge in [-0.2, -0.15) is 0 Å². The molecule has 7 nitrogen and oxygen atoms in total. The van der Waals surface area contributed by atoms with Gasteiger partial charge in [-0.05, 0) is 44.5 Å². The van der Waals surface area contributed by atoms with Gasteiger partial charge in [0.2, 0.25) is 10.0 Å². The number of nitrogens with zero attached hydrogens (tertiary/aromatic N) is 2. The Balaban J connectivity index is 2.61. The zero-order valence-corrected chi connectivity index (χ0v) is 17.2. The maximum Gasteiger partial charge on any atom is 0.411 e. The number of nitrogens with one attached hydrogen (secondary N) is 1. The monoisotopic (exact) mass is 385 g/mol. The highest BCUT2D eigenvalue weighted by Gasteiger charge is 2.19. The molecule has 0 heterocycles. The molecule has 0 atom stereocenters. The van der Waals surface area contributed by atoms with Gasteiger partial charge in [-0.3, -0.25) is 5.32 Å². The van der Waals surface area contributed by atoms with Gasteiger partial charge < -0.3 is 9.64 Å². The second-order valence-electron chi connectivity index (χ2n) is 5.83. The molecular formula is C18H31N3O4S. The van der Waals surface area contributed by atoms with Gasteiger partial charge in [0, 0.05) is 37.6 Å². The van der Waals surface area contributed by atoms with Gasteiger partial charge in [-0.1, -0.05) is 13.8 Å². The van der Waals surface area contributed by atoms with Crippen molar-refractivity contribution >= 4 is 27.5 Å². The number of anilines is 2. The minimum Gasteiger partial charge on any atom is -0.448 e. The molecule has 1 aromatic rings. The Bertz CT molecular complexity index is 684. The third kappa shape index (κ3) is 6.17. The molecule has 26 heavy (non-hydrogen) atoms. The van der Waals surface area contributed by atoms with Gasteiger partial charge in [0.15, 0.2) is 0 Å². The topological polar surface area (TPSA) is 79.0 Å². The van der Waals surface area contributed by atoms with E-state index in [1.54, 1.807) is 13.8 Å². The summed E-state index contributed by atoms with van der Waals surface area (Å²) in [7, 11) is -3.40. The molecule has 0 saturated heterocycles. The Kier molecular flexibility index (Phi) is 8.87. The lowest BCUT2D eigenvalue weighted by Gasteiger charge is -2.22. The normalized spacial score (nSPS) is 11.5. The van der Waals surface area contributed by atoms with E-state index in [-0.39, 0.29) is 12.4 Å². The predicted octanol–water partition coefficient (Wildman–Crippen LogP) is 3.06. The van der Waals surface area contributed by atoms with E-state index in [2.05, 4.69) is 24.1 Å². The van der Waals surface area contributed by atoms with Crippen LogP contribution in [-0.2, 0) is 14.8 Å². The van der Waals surface area contributed by atoms with E-state index in [9.17, 15) is 13.2 Å². The molecule has 0 aliphatic heterocycles. The first-order chi connectivity index (χ1) is 12.3. The molecule has 1 aromatic carbocycles. The Hall–Kier alpha value is -1.80. The molecular weight excluding hydrogens is 354 g/mol. The van der Waals surface area contributed by atoms with E-state index in [0.29, 0.717) is 18.8 Å². The highest BCUT2D eigenvalue weighted by molar-refractivity contribution is 7.89. The van der Waals surface area contributed by atoms with Crippen molar-refractivity contribution in [1.29, 1.82) is 0 Å². The molecule has 0 unspecified atom stereocenters. The first-order valence-corrected chi connectivity index (χ1v) is 10.7. The number of aryl methyl sites for hydroxylation is 1. The van der Waals surface area contributed by atoms with Crippen LogP contribution < -0.4 is 10.2 Å². The standard InChI is InChI=1S/C18H31N3O4S/c1-6-20(7-2)16-10-11-17(15(5)14-16)19-18(22)25-12-13-26(23,24)21(8-3)9-4/h10-11,14H,6-9,12-13H2,1-5H3,(H,19,22). The van der Waals surface area contributed by atoms with Crippen LogP contribution in [0.2, 0.25) is 0 Å². The van der Waals surface area contributed by atoms with Crippen LogP contribution in [0.25, 0.3) is 0 Å². The molecule has 0 radical (unpaired) electrons. The first kappa shape index (κ1) is 22.2. The van der Waals surface area contributed by atoms with Gasteiger partial charge in [-0.25, -0.2) is 17.5 Å². The van der Waals surface area contributed by atoms with Crippen molar-refractivity contribution in [2.75, 3.05) is 48.8 Å². The van der Waals surface area contributed by atoms with E-state index in [0.717, 1.165) is 24.3 Å². The van der Waals surface area contributed by atoms with E-state index in [4.69, 9.17) is 4.74 Å². The summed E-state index contributed by atoms with van der Waals surface area (Å²) in [5, 5.41) is 2.67. The molecule has 0 spiro atoms. The van der Waals surface area contributed by atoms with Crippen LogP contribution in [0.1, 0.15) is 33.3 Å². The molecule has 0 aliphatic carbocycles. The van der Waals surface area contributed by atoms with Crippen LogP contribution in [0.5, 0.6) is 0 Å². The molecule has 0 fully saturated rings. The third-order valence-corrected chi connectivity index (χ3v) is 6.23. The van der Waals surface area contributed by atoms with Crippen molar-refractivity contribution in [1.82, 2.24) is 4.31 Å². The fourth-order valence-corrected chi connectivity index (χ4v) is 4.04. The van der Waals surface area contributed by atoms with Crippen LogP contribution >= 0.6 is 0 Å². The molecule has 1 amide bonds. The molecule has 8 heteroatoms. The van der Waals surface area contributed by atoms with E-state index in [1.165, 1.54) is 4.31 Å². The summed E-state index contributed by atoms with van der Waals surface area (Å²) >= 11 is 0.